The lowest BCUT2D eigenvalue weighted by Gasteiger charge is -2.10. The Kier molecular flexibility index (Phi) is 2.74. The van der Waals surface area contributed by atoms with Crippen molar-refractivity contribution in [2.75, 3.05) is 0 Å². The fourth-order valence-electron chi connectivity index (χ4n) is 3.65. The molecule has 5 rings (SSSR count). The maximum atomic E-state index is 5.01. The molecular formula is C22H16N2. The molecule has 114 valence electrons. The van der Waals surface area contributed by atoms with Crippen molar-refractivity contribution in [2.45, 2.75) is 6.92 Å². The Morgan fingerprint density at radius 2 is 1.38 bits per heavy atom. The number of hydrogen-bond acceptors (Lipinski definition) is 1. The lowest BCUT2D eigenvalue weighted by molar-refractivity contribution is 1.26. The van der Waals surface area contributed by atoms with E-state index < -0.39 is 0 Å². The van der Waals surface area contributed by atoms with Crippen molar-refractivity contribution < 1.29 is 0 Å². The van der Waals surface area contributed by atoms with Gasteiger partial charge in [-0.1, -0.05) is 60.7 Å². The van der Waals surface area contributed by atoms with E-state index in [1.165, 1.54) is 22.0 Å². The number of rotatable bonds is 1. The van der Waals surface area contributed by atoms with Crippen LogP contribution in [0.15, 0.2) is 78.9 Å². The van der Waals surface area contributed by atoms with Crippen molar-refractivity contribution in [2.24, 2.45) is 0 Å². The summed E-state index contributed by atoms with van der Waals surface area (Å²) in [5.41, 5.74) is 8.08. The van der Waals surface area contributed by atoms with E-state index in [4.69, 9.17) is 4.98 Å². The number of para-hydroxylation sites is 3. The van der Waals surface area contributed by atoms with Gasteiger partial charge in [0.2, 0.25) is 0 Å². The molecule has 0 saturated heterocycles. The molecule has 0 aliphatic heterocycles. The van der Waals surface area contributed by atoms with Gasteiger partial charge in [0, 0.05) is 10.9 Å². The van der Waals surface area contributed by atoms with E-state index >= 15 is 0 Å². The monoisotopic (exact) mass is 308 g/mol. The molecule has 0 fully saturated rings. The molecule has 0 amide bonds. The van der Waals surface area contributed by atoms with Gasteiger partial charge in [-0.3, -0.25) is 0 Å². The zero-order valence-corrected chi connectivity index (χ0v) is 13.4. The number of nitrogens with zero attached hydrogens (tertiary/aromatic N) is 2. The smallest absolute Gasteiger partial charge is 0.0953 e. The Morgan fingerprint density at radius 1 is 0.708 bits per heavy atom. The summed E-state index contributed by atoms with van der Waals surface area (Å²) >= 11 is 0. The van der Waals surface area contributed by atoms with Crippen LogP contribution < -0.4 is 0 Å². The molecule has 0 spiro atoms. The van der Waals surface area contributed by atoms with E-state index in [2.05, 4.69) is 84.1 Å². The van der Waals surface area contributed by atoms with Gasteiger partial charge < -0.3 is 4.40 Å². The molecule has 0 aliphatic rings. The predicted molar refractivity (Wildman–Crippen MR) is 100 cm³/mol. The molecule has 0 atom stereocenters. The van der Waals surface area contributed by atoms with E-state index in [9.17, 15) is 0 Å². The second-order valence-electron chi connectivity index (χ2n) is 6.14. The molecule has 2 heteroatoms. The van der Waals surface area contributed by atoms with Crippen LogP contribution in [-0.2, 0) is 0 Å². The average molecular weight is 308 g/mol. The Hall–Kier alpha value is -3.13. The first-order chi connectivity index (χ1) is 11.8. The molecule has 0 N–H and O–H groups in total. The van der Waals surface area contributed by atoms with Crippen molar-refractivity contribution in [3.63, 3.8) is 0 Å². The fraction of sp³-hybridized carbons (Fsp3) is 0.0455. The molecule has 0 radical (unpaired) electrons. The quantitative estimate of drug-likeness (QED) is 0.393. The summed E-state index contributed by atoms with van der Waals surface area (Å²) in [6.07, 6.45) is 0. The van der Waals surface area contributed by atoms with Gasteiger partial charge in [-0.25, -0.2) is 4.98 Å². The summed E-state index contributed by atoms with van der Waals surface area (Å²) < 4.78 is 2.36. The highest BCUT2D eigenvalue weighted by atomic mass is 15.0. The summed E-state index contributed by atoms with van der Waals surface area (Å²) in [5, 5.41) is 1.29. The van der Waals surface area contributed by atoms with Crippen molar-refractivity contribution in [1.82, 2.24) is 9.38 Å². The molecule has 0 aliphatic carbocycles. The maximum Gasteiger partial charge on any atom is 0.0953 e. The van der Waals surface area contributed by atoms with Crippen LogP contribution in [0.2, 0.25) is 0 Å². The molecule has 5 aromatic rings. The van der Waals surface area contributed by atoms with Gasteiger partial charge in [0.25, 0.3) is 0 Å². The molecule has 2 aromatic heterocycles. The van der Waals surface area contributed by atoms with E-state index in [0.29, 0.717) is 0 Å². The second-order valence-corrected chi connectivity index (χ2v) is 6.14. The SMILES string of the molecule is Cc1c2ccccc2n2c1c(-c1ccccc1)nc1ccccc12. The third-order valence-corrected chi connectivity index (χ3v) is 4.75. The largest absolute Gasteiger partial charge is 0.305 e. The molecule has 2 heterocycles. The lowest BCUT2D eigenvalue weighted by Crippen LogP contribution is -1.95. The van der Waals surface area contributed by atoms with Gasteiger partial charge in [0.15, 0.2) is 0 Å². The summed E-state index contributed by atoms with van der Waals surface area (Å²) in [6, 6.07) is 27.4. The third-order valence-electron chi connectivity index (χ3n) is 4.75. The molecule has 24 heavy (non-hydrogen) atoms. The van der Waals surface area contributed by atoms with Crippen molar-refractivity contribution >= 4 is 27.5 Å². The van der Waals surface area contributed by atoms with Gasteiger partial charge >= 0.3 is 0 Å². The molecule has 0 bridgehead atoms. The van der Waals surface area contributed by atoms with Gasteiger partial charge in [0.05, 0.1) is 27.8 Å². The predicted octanol–water partition coefficient (Wildman–Crippen LogP) is 5.62. The first kappa shape index (κ1) is 13.3. The molecule has 0 unspecified atom stereocenters. The molecular weight excluding hydrogens is 292 g/mol. The van der Waals surface area contributed by atoms with Crippen molar-refractivity contribution in [3.05, 3.63) is 84.4 Å². The van der Waals surface area contributed by atoms with Crippen LogP contribution in [0.1, 0.15) is 5.56 Å². The van der Waals surface area contributed by atoms with E-state index in [-0.39, 0.29) is 0 Å². The normalized spacial score (nSPS) is 11.5. The van der Waals surface area contributed by atoms with E-state index in [1.54, 1.807) is 0 Å². The average Bonchev–Trinajstić information content (AvgIpc) is 2.96. The lowest BCUT2D eigenvalue weighted by atomic mass is 10.1. The summed E-state index contributed by atoms with van der Waals surface area (Å²) in [4.78, 5) is 5.01. The van der Waals surface area contributed by atoms with Gasteiger partial charge in [-0.05, 0) is 30.7 Å². The topological polar surface area (TPSA) is 17.3 Å². The Bertz CT molecular complexity index is 1200. The second kappa shape index (κ2) is 4.93. The van der Waals surface area contributed by atoms with Crippen LogP contribution in [0.5, 0.6) is 0 Å². The molecule has 0 saturated carbocycles. The first-order valence-corrected chi connectivity index (χ1v) is 8.18. The van der Waals surface area contributed by atoms with Crippen LogP contribution in [0.3, 0.4) is 0 Å². The Balaban J connectivity index is 2.10. The zero-order valence-electron chi connectivity index (χ0n) is 13.4. The van der Waals surface area contributed by atoms with Crippen LogP contribution in [-0.4, -0.2) is 9.38 Å². The summed E-state index contributed by atoms with van der Waals surface area (Å²) in [6.45, 7) is 2.19. The minimum absolute atomic E-state index is 1.02. The van der Waals surface area contributed by atoms with Crippen LogP contribution in [0, 0.1) is 6.92 Å². The maximum absolute atomic E-state index is 5.01. The van der Waals surface area contributed by atoms with Crippen molar-refractivity contribution in [1.29, 1.82) is 0 Å². The highest BCUT2D eigenvalue weighted by Gasteiger charge is 2.16. The van der Waals surface area contributed by atoms with Crippen LogP contribution in [0.25, 0.3) is 38.7 Å². The first-order valence-electron chi connectivity index (χ1n) is 8.18. The van der Waals surface area contributed by atoms with Crippen LogP contribution >= 0.6 is 0 Å². The van der Waals surface area contributed by atoms with Crippen molar-refractivity contribution in [3.8, 4) is 11.3 Å². The Morgan fingerprint density at radius 3 is 2.21 bits per heavy atom. The van der Waals surface area contributed by atoms with Gasteiger partial charge in [-0.2, -0.15) is 0 Å². The van der Waals surface area contributed by atoms with E-state index in [0.717, 1.165) is 22.3 Å². The molecule has 3 aromatic carbocycles. The number of fused-ring (bicyclic) bond motifs is 5. The highest BCUT2D eigenvalue weighted by Crippen LogP contribution is 2.35. The van der Waals surface area contributed by atoms with Gasteiger partial charge in [-0.15, -0.1) is 0 Å². The number of aromatic nitrogens is 2. The minimum Gasteiger partial charge on any atom is -0.305 e. The highest BCUT2D eigenvalue weighted by molar-refractivity contribution is 6.01. The fourth-order valence-corrected chi connectivity index (χ4v) is 3.65. The third kappa shape index (κ3) is 1.74. The van der Waals surface area contributed by atoms with E-state index in [1.807, 2.05) is 6.07 Å². The van der Waals surface area contributed by atoms with Crippen LogP contribution in [0.4, 0.5) is 0 Å². The zero-order chi connectivity index (χ0) is 16.1. The molecule has 2 nitrogen and oxygen atoms in total. The summed E-state index contributed by atoms with van der Waals surface area (Å²) in [5.74, 6) is 0. The number of hydrogen-bond donors (Lipinski definition) is 0. The summed E-state index contributed by atoms with van der Waals surface area (Å²) in [7, 11) is 0. The number of benzene rings is 3. The Labute approximate surface area is 140 Å². The number of aryl methyl sites for hydroxylation is 1. The standard InChI is InChI=1S/C22H16N2/c1-15-17-11-5-7-13-19(17)24-20-14-8-6-12-18(20)23-21(22(15)24)16-9-3-2-4-10-16/h2-14H,1H3. The van der Waals surface area contributed by atoms with Gasteiger partial charge in [0.1, 0.15) is 0 Å². The minimum atomic E-state index is 1.02.